The number of nitrogens with one attached hydrogen (secondary N) is 2. The Bertz CT molecular complexity index is 1260. The number of carbonyl (C=O) groups excluding carboxylic acids is 1. The molecule has 1 aliphatic rings. The van der Waals surface area contributed by atoms with E-state index in [4.69, 9.17) is 0 Å². The largest absolute Gasteiger partial charge is 0.433 e. The Morgan fingerprint density at radius 1 is 1.30 bits per heavy atom. The summed E-state index contributed by atoms with van der Waals surface area (Å²) in [6.45, 7) is 2.63. The summed E-state index contributed by atoms with van der Waals surface area (Å²) in [5.74, 6) is -0.355. The molecule has 0 spiro atoms. The molecule has 0 saturated carbocycles. The molecule has 0 aromatic carbocycles. The first-order valence-corrected chi connectivity index (χ1v) is 10.7. The van der Waals surface area contributed by atoms with Gasteiger partial charge in [-0.2, -0.15) is 18.3 Å². The van der Waals surface area contributed by atoms with E-state index in [2.05, 4.69) is 20.7 Å². The van der Waals surface area contributed by atoms with Crippen molar-refractivity contribution in [3.8, 4) is 10.4 Å². The normalized spacial score (nSPS) is 16.4. The highest BCUT2D eigenvalue weighted by Gasteiger charge is 2.36. The highest BCUT2D eigenvalue weighted by molar-refractivity contribution is 7.21. The summed E-state index contributed by atoms with van der Waals surface area (Å²) in [6, 6.07) is 4.59. The van der Waals surface area contributed by atoms with Crippen molar-refractivity contribution in [2.45, 2.75) is 25.8 Å². The van der Waals surface area contributed by atoms with Crippen LogP contribution in [-0.2, 0) is 12.7 Å². The second-order valence-corrected chi connectivity index (χ2v) is 8.64. The third-order valence-corrected chi connectivity index (χ3v) is 6.81. The summed E-state index contributed by atoms with van der Waals surface area (Å²) in [7, 11) is 0. The highest BCUT2D eigenvalue weighted by atomic mass is 32.1. The van der Waals surface area contributed by atoms with Gasteiger partial charge in [0.1, 0.15) is 21.6 Å². The molecule has 0 saturated heterocycles. The van der Waals surface area contributed by atoms with Crippen LogP contribution in [0.5, 0.6) is 0 Å². The molecule has 6 nitrogen and oxygen atoms in total. The third-order valence-electron chi connectivity index (χ3n) is 4.82. The molecule has 154 valence electrons. The number of fused-ring (bicyclic) bond motifs is 3. The number of aryl methyl sites for hydroxylation is 1. The lowest BCUT2D eigenvalue weighted by Gasteiger charge is -2.25. The lowest BCUT2D eigenvalue weighted by Crippen LogP contribution is -2.37. The predicted molar refractivity (Wildman–Crippen MR) is 110 cm³/mol. The molecule has 0 bridgehead atoms. The van der Waals surface area contributed by atoms with E-state index in [0.29, 0.717) is 32.9 Å². The standard InChI is InChI=1S/C19H14F3N5OS2/c1-2-27-8-9(7-23-27)16-25-14-13-10(11-4-3-5-29-11)6-12(19(20,21)22)24-18(13)30-15(14)17(28)26-16/h3-8,16,25H,2H2,1H3,(H,26,28)/t16-/m0/s1. The van der Waals surface area contributed by atoms with Crippen LogP contribution in [0, 0.1) is 0 Å². The number of hydrogen-bond acceptors (Lipinski definition) is 6. The van der Waals surface area contributed by atoms with Crippen LogP contribution in [0.3, 0.4) is 0 Å². The lowest BCUT2D eigenvalue weighted by molar-refractivity contribution is -0.140. The Morgan fingerprint density at radius 3 is 2.80 bits per heavy atom. The van der Waals surface area contributed by atoms with E-state index in [1.807, 2.05) is 13.1 Å². The van der Waals surface area contributed by atoms with Gasteiger partial charge >= 0.3 is 6.18 Å². The summed E-state index contributed by atoms with van der Waals surface area (Å²) < 4.78 is 42.1. The number of halogens is 3. The molecule has 1 aliphatic heterocycles. The molecule has 11 heteroatoms. The number of rotatable bonds is 3. The fraction of sp³-hybridized carbons (Fsp3) is 0.211. The minimum atomic E-state index is -4.59. The fourth-order valence-electron chi connectivity index (χ4n) is 3.41. The first kappa shape index (κ1) is 19.1. The smallest absolute Gasteiger partial charge is 0.360 e. The summed E-state index contributed by atoms with van der Waals surface area (Å²) >= 11 is 2.29. The molecule has 2 N–H and O–H groups in total. The van der Waals surface area contributed by atoms with E-state index < -0.39 is 18.0 Å². The van der Waals surface area contributed by atoms with E-state index in [-0.39, 0.29) is 10.7 Å². The summed E-state index contributed by atoms with van der Waals surface area (Å²) in [4.78, 5) is 17.8. The number of aromatic nitrogens is 3. The van der Waals surface area contributed by atoms with Gasteiger partial charge in [-0.1, -0.05) is 6.07 Å². The van der Waals surface area contributed by atoms with Crippen molar-refractivity contribution in [2.24, 2.45) is 0 Å². The van der Waals surface area contributed by atoms with Crippen LogP contribution in [0.4, 0.5) is 18.9 Å². The SMILES string of the molecule is CCn1cc([C@@H]2NC(=O)c3sc4nc(C(F)(F)F)cc(-c5cccs5)c4c3N2)cn1. The highest BCUT2D eigenvalue weighted by Crippen LogP contribution is 2.46. The Kier molecular flexibility index (Phi) is 4.33. The van der Waals surface area contributed by atoms with Crippen LogP contribution < -0.4 is 10.6 Å². The molecule has 0 radical (unpaired) electrons. The summed E-state index contributed by atoms with van der Waals surface area (Å²) in [5, 5.41) is 12.7. The minimum absolute atomic E-state index is 0.172. The topological polar surface area (TPSA) is 71.8 Å². The molecule has 1 atom stereocenters. The molecule has 0 fully saturated rings. The average Bonchev–Trinajstić information content (AvgIpc) is 3.45. The third kappa shape index (κ3) is 3.05. The summed E-state index contributed by atoms with van der Waals surface area (Å²) in [5.41, 5.74) is 0.688. The lowest BCUT2D eigenvalue weighted by atomic mass is 10.1. The maximum absolute atomic E-state index is 13.5. The van der Waals surface area contributed by atoms with E-state index in [9.17, 15) is 18.0 Å². The molecule has 30 heavy (non-hydrogen) atoms. The van der Waals surface area contributed by atoms with E-state index in [0.717, 1.165) is 23.0 Å². The number of carbonyl (C=O) groups is 1. The van der Waals surface area contributed by atoms with Gasteiger partial charge in [-0.15, -0.1) is 22.7 Å². The Balaban J connectivity index is 1.71. The van der Waals surface area contributed by atoms with Crippen LogP contribution in [0.25, 0.3) is 20.7 Å². The molecule has 5 heterocycles. The van der Waals surface area contributed by atoms with Crippen molar-refractivity contribution in [2.75, 3.05) is 5.32 Å². The second kappa shape index (κ2) is 6.81. The maximum Gasteiger partial charge on any atom is 0.433 e. The van der Waals surface area contributed by atoms with Crippen molar-refractivity contribution in [3.05, 3.63) is 52.1 Å². The predicted octanol–water partition coefficient (Wildman–Crippen LogP) is 5.11. The molecule has 4 aromatic rings. The Labute approximate surface area is 176 Å². The van der Waals surface area contributed by atoms with Crippen LogP contribution in [-0.4, -0.2) is 20.7 Å². The van der Waals surface area contributed by atoms with Crippen LogP contribution in [0.15, 0.2) is 36.0 Å². The van der Waals surface area contributed by atoms with Crippen LogP contribution in [0.2, 0.25) is 0 Å². The van der Waals surface area contributed by atoms with Gasteiger partial charge < -0.3 is 10.6 Å². The summed E-state index contributed by atoms with van der Waals surface area (Å²) in [6.07, 6.45) is -1.65. The van der Waals surface area contributed by atoms with Crippen molar-refractivity contribution in [3.63, 3.8) is 0 Å². The average molecular weight is 449 g/mol. The first-order chi connectivity index (χ1) is 14.3. The van der Waals surface area contributed by atoms with Gasteiger partial charge in [-0.25, -0.2) is 4.98 Å². The Morgan fingerprint density at radius 2 is 2.13 bits per heavy atom. The molecule has 5 rings (SSSR count). The quantitative estimate of drug-likeness (QED) is 0.456. The van der Waals surface area contributed by atoms with Gasteiger partial charge in [-0.05, 0) is 24.4 Å². The number of hydrogen-bond donors (Lipinski definition) is 2. The van der Waals surface area contributed by atoms with Gasteiger partial charge in [0.05, 0.1) is 11.9 Å². The number of amides is 1. The van der Waals surface area contributed by atoms with Gasteiger partial charge in [-0.3, -0.25) is 9.48 Å². The molecule has 4 aromatic heterocycles. The molecular weight excluding hydrogens is 435 g/mol. The fourth-order valence-corrected chi connectivity index (χ4v) is 5.23. The van der Waals surface area contributed by atoms with Gasteiger partial charge in [0, 0.05) is 34.1 Å². The van der Waals surface area contributed by atoms with Crippen molar-refractivity contribution < 1.29 is 18.0 Å². The zero-order chi connectivity index (χ0) is 21.0. The van der Waals surface area contributed by atoms with Crippen molar-refractivity contribution >= 4 is 44.5 Å². The zero-order valence-electron chi connectivity index (χ0n) is 15.4. The van der Waals surface area contributed by atoms with Gasteiger partial charge in [0.2, 0.25) is 0 Å². The first-order valence-electron chi connectivity index (χ1n) is 9.03. The molecule has 1 amide bonds. The Hall–Kier alpha value is -2.92. The number of nitrogens with zero attached hydrogens (tertiary/aromatic N) is 3. The number of pyridine rings is 1. The van der Waals surface area contributed by atoms with Gasteiger partial charge in [0.15, 0.2) is 0 Å². The van der Waals surface area contributed by atoms with Gasteiger partial charge in [0.25, 0.3) is 5.91 Å². The second-order valence-electron chi connectivity index (χ2n) is 6.70. The molecule has 0 aliphatic carbocycles. The minimum Gasteiger partial charge on any atom is -0.360 e. The van der Waals surface area contributed by atoms with Crippen LogP contribution >= 0.6 is 22.7 Å². The van der Waals surface area contributed by atoms with Crippen molar-refractivity contribution in [1.82, 2.24) is 20.1 Å². The monoisotopic (exact) mass is 449 g/mol. The molecular formula is C19H14F3N5OS2. The maximum atomic E-state index is 13.5. The van der Waals surface area contributed by atoms with Crippen molar-refractivity contribution in [1.29, 1.82) is 0 Å². The van der Waals surface area contributed by atoms with E-state index >= 15 is 0 Å². The number of anilines is 1. The van der Waals surface area contributed by atoms with E-state index in [1.54, 1.807) is 28.4 Å². The zero-order valence-corrected chi connectivity index (χ0v) is 17.1. The number of alkyl halides is 3. The number of thiophene rings is 2. The van der Waals surface area contributed by atoms with Crippen LogP contribution in [0.1, 0.15) is 34.0 Å². The molecule has 0 unspecified atom stereocenters. The van der Waals surface area contributed by atoms with E-state index in [1.165, 1.54) is 11.3 Å².